The molecule has 1 heterocycles. The first kappa shape index (κ1) is 14.2. The minimum absolute atomic E-state index is 0.117. The van der Waals surface area contributed by atoms with Crippen LogP contribution in [0, 0.1) is 0 Å². The summed E-state index contributed by atoms with van der Waals surface area (Å²) in [7, 11) is 0. The summed E-state index contributed by atoms with van der Waals surface area (Å²) in [5.41, 5.74) is 3.61. The summed E-state index contributed by atoms with van der Waals surface area (Å²) in [5, 5.41) is -0.117. The second-order valence-electron chi connectivity index (χ2n) is 4.86. The highest BCUT2D eigenvalue weighted by Crippen LogP contribution is 2.32. The van der Waals surface area contributed by atoms with Crippen molar-refractivity contribution in [3.63, 3.8) is 0 Å². The van der Waals surface area contributed by atoms with Crippen molar-refractivity contribution in [2.45, 2.75) is 44.9 Å². The molecule has 1 nitrogen and oxygen atoms in total. The van der Waals surface area contributed by atoms with E-state index in [1.807, 2.05) is 6.07 Å². The lowest BCUT2D eigenvalue weighted by Crippen LogP contribution is -1.96. The van der Waals surface area contributed by atoms with Crippen LogP contribution in [0.15, 0.2) is 41.0 Å². The van der Waals surface area contributed by atoms with Gasteiger partial charge in [0.25, 0.3) is 0 Å². The summed E-state index contributed by atoms with van der Waals surface area (Å²) in [6, 6.07) is 10.6. The minimum atomic E-state index is -0.117. The lowest BCUT2D eigenvalue weighted by Gasteiger charge is -2.10. The predicted molar refractivity (Wildman–Crippen MR) is 80.8 cm³/mol. The number of rotatable bonds is 6. The van der Waals surface area contributed by atoms with E-state index in [0.29, 0.717) is 0 Å². The van der Waals surface area contributed by atoms with Crippen molar-refractivity contribution in [1.82, 2.24) is 0 Å². The van der Waals surface area contributed by atoms with Crippen LogP contribution in [0.4, 0.5) is 0 Å². The molecule has 0 spiro atoms. The topological polar surface area (TPSA) is 13.1 Å². The fraction of sp³-hybridized carbons (Fsp3) is 0.412. The first-order chi connectivity index (χ1) is 9.26. The number of furan rings is 1. The Kier molecular flexibility index (Phi) is 5.09. The third-order valence-corrected chi connectivity index (χ3v) is 3.95. The van der Waals surface area contributed by atoms with Crippen LogP contribution in [0.25, 0.3) is 0 Å². The molecule has 0 radical (unpaired) electrons. The number of hydrogen-bond donors (Lipinski definition) is 0. The van der Waals surface area contributed by atoms with Crippen LogP contribution in [0.3, 0.4) is 0 Å². The Bertz CT molecular complexity index is 498. The molecule has 2 aromatic rings. The quantitative estimate of drug-likeness (QED) is 0.634. The first-order valence-corrected chi connectivity index (χ1v) is 7.49. The van der Waals surface area contributed by atoms with Gasteiger partial charge in [-0.15, -0.1) is 11.6 Å². The maximum Gasteiger partial charge on any atom is 0.108 e. The molecule has 1 unspecified atom stereocenters. The summed E-state index contributed by atoms with van der Waals surface area (Å²) in [5.74, 6) is 0.982. The van der Waals surface area contributed by atoms with E-state index in [0.717, 1.165) is 29.7 Å². The molecule has 0 fully saturated rings. The van der Waals surface area contributed by atoms with Crippen LogP contribution in [0.5, 0.6) is 0 Å². The highest BCUT2D eigenvalue weighted by Gasteiger charge is 2.16. The summed E-state index contributed by atoms with van der Waals surface area (Å²) in [4.78, 5) is 0. The van der Waals surface area contributed by atoms with Crippen molar-refractivity contribution in [3.8, 4) is 0 Å². The Morgan fingerprint density at radius 3 is 2.47 bits per heavy atom. The van der Waals surface area contributed by atoms with Crippen LogP contribution in [-0.4, -0.2) is 0 Å². The van der Waals surface area contributed by atoms with Crippen molar-refractivity contribution in [2.75, 3.05) is 0 Å². The monoisotopic (exact) mass is 276 g/mol. The van der Waals surface area contributed by atoms with Crippen molar-refractivity contribution < 1.29 is 4.42 Å². The molecule has 0 bridgehead atoms. The Morgan fingerprint density at radius 2 is 1.84 bits per heavy atom. The van der Waals surface area contributed by atoms with Gasteiger partial charge in [-0.2, -0.15) is 0 Å². The number of hydrogen-bond acceptors (Lipinski definition) is 1. The summed E-state index contributed by atoms with van der Waals surface area (Å²) in [6.07, 6.45) is 6.22. The standard InChI is InChI=1S/C17H21ClO/c1-3-5-6-13-7-9-14(10-8-13)17(18)15-11-12-19-16(15)4-2/h7-12,17H,3-6H2,1-2H3. The zero-order valence-electron chi connectivity index (χ0n) is 11.7. The average Bonchev–Trinajstić information content (AvgIpc) is 2.93. The third-order valence-electron chi connectivity index (χ3n) is 3.47. The van der Waals surface area contributed by atoms with Gasteiger partial charge in [-0.1, -0.05) is 44.5 Å². The van der Waals surface area contributed by atoms with Gasteiger partial charge >= 0.3 is 0 Å². The Balaban J connectivity index is 2.13. The second-order valence-corrected chi connectivity index (χ2v) is 5.30. The number of unbranched alkanes of at least 4 members (excludes halogenated alkanes) is 1. The van der Waals surface area contributed by atoms with E-state index < -0.39 is 0 Å². The molecule has 0 aliphatic heterocycles. The van der Waals surface area contributed by atoms with Gasteiger partial charge in [-0.3, -0.25) is 0 Å². The van der Waals surface area contributed by atoms with Crippen molar-refractivity contribution >= 4 is 11.6 Å². The van der Waals surface area contributed by atoms with E-state index in [-0.39, 0.29) is 5.38 Å². The summed E-state index contributed by atoms with van der Waals surface area (Å²) >= 11 is 6.55. The maximum atomic E-state index is 6.55. The van der Waals surface area contributed by atoms with E-state index in [1.165, 1.54) is 18.4 Å². The van der Waals surface area contributed by atoms with E-state index in [9.17, 15) is 0 Å². The van der Waals surface area contributed by atoms with E-state index in [2.05, 4.69) is 38.1 Å². The zero-order chi connectivity index (χ0) is 13.7. The highest BCUT2D eigenvalue weighted by atomic mass is 35.5. The third kappa shape index (κ3) is 3.42. The summed E-state index contributed by atoms with van der Waals surface area (Å²) in [6.45, 7) is 4.30. The Labute approximate surface area is 120 Å². The molecule has 0 saturated carbocycles. The molecule has 102 valence electrons. The van der Waals surface area contributed by atoms with Crippen molar-refractivity contribution in [2.24, 2.45) is 0 Å². The molecule has 0 amide bonds. The fourth-order valence-electron chi connectivity index (χ4n) is 2.28. The molecule has 1 aromatic carbocycles. The molecule has 0 saturated heterocycles. The van der Waals surface area contributed by atoms with Crippen LogP contribution in [-0.2, 0) is 12.8 Å². The van der Waals surface area contributed by atoms with Crippen LogP contribution in [0.2, 0.25) is 0 Å². The Morgan fingerprint density at radius 1 is 1.11 bits per heavy atom. The molecule has 0 aliphatic carbocycles. The van der Waals surface area contributed by atoms with Gasteiger partial charge in [0.2, 0.25) is 0 Å². The van der Waals surface area contributed by atoms with Crippen LogP contribution in [0.1, 0.15) is 54.5 Å². The van der Waals surface area contributed by atoms with Crippen LogP contribution < -0.4 is 0 Å². The van der Waals surface area contributed by atoms with Crippen molar-refractivity contribution in [1.29, 1.82) is 0 Å². The van der Waals surface area contributed by atoms with Gasteiger partial charge in [0.1, 0.15) is 5.76 Å². The minimum Gasteiger partial charge on any atom is -0.469 e. The van der Waals surface area contributed by atoms with Gasteiger partial charge in [-0.25, -0.2) is 0 Å². The molecule has 1 aromatic heterocycles. The predicted octanol–water partition coefficient (Wildman–Crippen LogP) is 5.51. The molecule has 19 heavy (non-hydrogen) atoms. The number of alkyl halides is 1. The van der Waals surface area contributed by atoms with E-state index >= 15 is 0 Å². The van der Waals surface area contributed by atoms with Gasteiger partial charge < -0.3 is 4.42 Å². The number of aryl methyl sites for hydroxylation is 2. The smallest absolute Gasteiger partial charge is 0.108 e. The molecule has 2 rings (SSSR count). The summed E-state index contributed by atoms with van der Waals surface area (Å²) < 4.78 is 5.45. The number of halogens is 1. The Hall–Kier alpha value is -1.21. The second kappa shape index (κ2) is 6.81. The molecular formula is C17H21ClO. The largest absolute Gasteiger partial charge is 0.469 e. The zero-order valence-corrected chi connectivity index (χ0v) is 12.4. The normalized spacial score (nSPS) is 12.6. The first-order valence-electron chi connectivity index (χ1n) is 7.05. The van der Waals surface area contributed by atoms with E-state index in [4.69, 9.17) is 16.0 Å². The lowest BCUT2D eigenvalue weighted by molar-refractivity contribution is 0.512. The maximum absolute atomic E-state index is 6.55. The lowest BCUT2D eigenvalue weighted by atomic mass is 10.0. The molecule has 0 N–H and O–H groups in total. The van der Waals surface area contributed by atoms with Crippen LogP contribution >= 0.6 is 11.6 Å². The molecule has 1 atom stereocenters. The molecule has 0 aliphatic rings. The molecular weight excluding hydrogens is 256 g/mol. The van der Waals surface area contributed by atoms with Gasteiger partial charge in [0.15, 0.2) is 0 Å². The number of benzene rings is 1. The molecule has 2 heteroatoms. The average molecular weight is 277 g/mol. The van der Waals surface area contributed by atoms with Gasteiger partial charge in [0.05, 0.1) is 11.6 Å². The highest BCUT2D eigenvalue weighted by molar-refractivity contribution is 6.22. The van der Waals surface area contributed by atoms with Gasteiger partial charge in [-0.05, 0) is 30.0 Å². The SMILES string of the molecule is CCCCc1ccc(C(Cl)c2ccoc2CC)cc1. The van der Waals surface area contributed by atoms with Gasteiger partial charge in [0, 0.05) is 12.0 Å². The van der Waals surface area contributed by atoms with Crippen molar-refractivity contribution in [3.05, 3.63) is 59.0 Å². The fourth-order valence-corrected chi connectivity index (χ4v) is 2.62. The van der Waals surface area contributed by atoms with E-state index in [1.54, 1.807) is 6.26 Å².